The Hall–Kier alpha value is -3.18. The summed E-state index contributed by atoms with van der Waals surface area (Å²) in [4.78, 5) is 14.3. The zero-order valence-electron chi connectivity index (χ0n) is 15.8. The number of anilines is 1. The Morgan fingerprint density at radius 2 is 1.66 bits per heavy atom. The highest BCUT2D eigenvalue weighted by Crippen LogP contribution is 2.36. The van der Waals surface area contributed by atoms with E-state index in [4.69, 9.17) is 16.7 Å². The van der Waals surface area contributed by atoms with Gasteiger partial charge in [-0.15, -0.1) is 0 Å². The Bertz CT molecular complexity index is 1250. The van der Waals surface area contributed by atoms with Crippen molar-refractivity contribution in [2.24, 2.45) is 0 Å². The molecule has 0 atom stereocenters. The van der Waals surface area contributed by atoms with Crippen molar-refractivity contribution in [3.63, 3.8) is 0 Å². The van der Waals surface area contributed by atoms with E-state index in [0.717, 1.165) is 36.4 Å². The number of nitrogens with zero attached hydrogens (tertiary/aromatic N) is 2. The van der Waals surface area contributed by atoms with Crippen LogP contribution in [-0.4, -0.2) is 24.5 Å². The van der Waals surface area contributed by atoms with Gasteiger partial charge in [0.2, 0.25) is 0 Å². The minimum atomic E-state index is -4.75. The monoisotopic (exact) mass is 488 g/mol. The van der Waals surface area contributed by atoms with Gasteiger partial charge in [-0.2, -0.15) is 13.2 Å². The molecule has 1 aromatic heterocycles. The van der Waals surface area contributed by atoms with Crippen molar-refractivity contribution in [3.8, 4) is 0 Å². The lowest BCUT2D eigenvalue weighted by atomic mass is 10.2. The van der Waals surface area contributed by atoms with E-state index in [0.29, 0.717) is 22.1 Å². The smallest absolute Gasteiger partial charge is 0.417 e. The average molecular weight is 489 g/mol. The van der Waals surface area contributed by atoms with E-state index in [1.807, 2.05) is 0 Å². The zero-order chi connectivity index (χ0) is 23.7. The predicted octanol–water partition coefficient (Wildman–Crippen LogP) is 4.99. The molecule has 2 aromatic carbocycles. The van der Waals surface area contributed by atoms with Crippen molar-refractivity contribution < 1.29 is 35.9 Å². The summed E-state index contributed by atoms with van der Waals surface area (Å²) < 4.78 is 79.4. The van der Waals surface area contributed by atoms with Crippen LogP contribution in [0.2, 0.25) is 5.02 Å². The van der Waals surface area contributed by atoms with Crippen LogP contribution in [0.4, 0.5) is 23.4 Å². The van der Waals surface area contributed by atoms with Crippen LogP contribution in [0.15, 0.2) is 65.7 Å². The molecule has 3 rings (SSSR count). The van der Waals surface area contributed by atoms with Crippen LogP contribution in [0.1, 0.15) is 21.5 Å². The third-order valence-corrected chi connectivity index (χ3v) is 6.34. The molecule has 0 saturated carbocycles. The first-order valence-electron chi connectivity index (χ1n) is 8.73. The Labute approximate surface area is 184 Å². The first-order chi connectivity index (χ1) is 14.9. The van der Waals surface area contributed by atoms with E-state index in [2.05, 4.69) is 4.98 Å². The van der Waals surface area contributed by atoms with Gasteiger partial charge in [-0.3, -0.25) is 0 Å². The molecule has 0 saturated heterocycles. The topological polar surface area (TPSA) is 87.6 Å². The Balaban J connectivity index is 2.12. The van der Waals surface area contributed by atoms with Crippen LogP contribution < -0.4 is 4.31 Å². The molecule has 0 amide bonds. The summed E-state index contributed by atoms with van der Waals surface area (Å²) in [5, 5.41) is 8.42. The molecule has 32 heavy (non-hydrogen) atoms. The van der Waals surface area contributed by atoms with Crippen molar-refractivity contribution >= 4 is 33.4 Å². The van der Waals surface area contributed by atoms with Crippen LogP contribution in [0, 0.1) is 5.82 Å². The van der Waals surface area contributed by atoms with E-state index in [9.17, 15) is 30.8 Å². The van der Waals surface area contributed by atoms with Gasteiger partial charge in [0, 0.05) is 6.20 Å². The minimum absolute atomic E-state index is 0.167. The second-order valence-corrected chi connectivity index (χ2v) is 8.76. The fourth-order valence-corrected chi connectivity index (χ4v) is 4.44. The van der Waals surface area contributed by atoms with Crippen LogP contribution in [0.3, 0.4) is 0 Å². The number of sulfonamides is 1. The molecule has 0 aliphatic rings. The van der Waals surface area contributed by atoms with Crippen LogP contribution in [-0.2, 0) is 22.7 Å². The summed E-state index contributed by atoms with van der Waals surface area (Å²) in [6.07, 6.45) is -4.30. The zero-order valence-corrected chi connectivity index (χ0v) is 17.4. The highest BCUT2D eigenvalue weighted by atomic mass is 35.5. The maximum Gasteiger partial charge on any atom is 0.417 e. The highest BCUT2D eigenvalue weighted by Gasteiger charge is 2.34. The van der Waals surface area contributed by atoms with Gasteiger partial charge in [0.15, 0.2) is 5.82 Å². The number of pyridine rings is 1. The number of carboxylic acids is 1. The molecular weight excluding hydrogens is 476 g/mol. The standard InChI is InChI=1S/C20H13ClF4N2O4S/c21-17-9-14(20(23,24)25)10-26-18(17)27(11-12-1-5-15(22)6-2-12)32(30,31)16-7-3-13(4-8-16)19(28)29/h1-10H,11H2,(H,28,29). The molecule has 0 spiro atoms. The number of halogens is 5. The van der Waals surface area contributed by atoms with E-state index in [-0.39, 0.29) is 10.5 Å². The Morgan fingerprint density at radius 1 is 1.06 bits per heavy atom. The third kappa shape index (κ3) is 5.00. The number of hydrogen-bond donors (Lipinski definition) is 1. The fourth-order valence-electron chi connectivity index (χ4n) is 2.70. The van der Waals surface area contributed by atoms with Crippen molar-refractivity contribution in [1.29, 1.82) is 0 Å². The molecular formula is C20H13ClF4N2O4S. The number of aromatic carboxylic acids is 1. The number of carbonyl (C=O) groups is 1. The summed E-state index contributed by atoms with van der Waals surface area (Å²) >= 11 is 5.98. The first kappa shape index (κ1) is 23.5. The first-order valence-corrected chi connectivity index (χ1v) is 10.5. The fraction of sp³-hybridized carbons (Fsp3) is 0.100. The maximum atomic E-state index is 13.3. The van der Waals surface area contributed by atoms with E-state index in [1.54, 1.807) is 0 Å². The molecule has 6 nitrogen and oxygen atoms in total. The van der Waals surface area contributed by atoms with Gasteiger partial charge in [-0.05, 0) is 48.0 Å². The second kappa shape index (κ2) is 8.75. The van der Waals surface area contributed by atoms with Crippen molar-refractivity contribution in [1.82, 2.24) is 4.98 Å². The van der Waals surface area contributed by atoms with Crippen LogP contribution in [0.5, 0.6) is 0 Å². The number of hydrogen-bond acceptors (Lipinski definition) is 4. The summed E-state index contributed by atoms with van der Waals surface area (Å²) in [5.41, 5.74) is -1.04. The maximum absolute atomic E-state index is 13.3. The van der Waals surface area contributed by atoms with Crippen molar-refractivity contribution in [3.05, 3.63) is 88.3 Å². The van der Waals surface area contributed by atoms with Gasteiger partial charge in [-0.25, -0.2) is 26.9 Å². The lowest BCUT2D eigenvalue weighted by Gasteiger charge is -2.25. The quantitative estimate of drug-likeness (QED) is 0.494. The van der Waals surface area contributed by atoms with Gasteiger partial charge in [0.25, 0.3) is 10.0 Å². The van der Waals surface area contributed by atoms with Gasteiger partial charge < -0.3 is 5.11 Å². The molecule has 0 aliphatic heterocycles. The molecule has 0 radical (unpaired) electrons. The molecule has 0 bridgehead atoms. The van der Waals surface area contributed by atoms with Gasteiger partial charge in [-0.1, -0.05) is 23.7 Å². The molecule has 0 aliphatic carbocycles. The summed E-state index contributed by atoms with van der Waals surface area (Å²) in [7, 11) is -4.46. The SMILES string of the molecule is O=C(O)c1ccc(S(=O)(=O)N(Cc2ccc(F)cc2)c2ncc(C(F)(F)F)cc2Cl)cc1. The largest absolute Gasteiger partial charge is 0.478 e. The van der Waals surface area contributed by atoms with Gasteiger partial charge in [0.05, 0.1) is 27.6 Å². The average Bonchev–Trinajstić information content (AvgIpc) is 2.73. The number of alkyl halides is 3. The normalized spacial score (nSPS) is 11.9. The second-order valence-electron chi connectivity index (χ2n) is 6.49. The molecule has 0 fully saturated rings. The highest BCUT2D eigenvalue weighted by molar-refractivity contribution is 7.92. The minimum Gasteiger partial charge on any atom is -0.478 e. The van der Waals surface area contributed by atoms with Crippen molar-refractivity contribution in [2.75, 3.05) is 4.31 Å². The van der Waals surface area contributed by atoms with Crippen molar-refractivity contribution in [2.45, 2.75) is 17.6 Å². The molecule has 0 unspecified atom stereocenters. The number of rotatable bonds is 6. The van der Waals surface area contributed by atoms with E-state index in [1.165, 1.54) is 12.1 Å². The van der Waals surface area contributed by atoms with Crippen LogP contribution in [0.25, 0.3) is 0 Å². The summed E-state index contributed by atoms with van der Waals surface area (Å²) in [6.45, 7) is -0.429. The van der Waals surface area contributed by atoms with Gasteiger partial charge in [0.1, 0.15) is 5.82 Å². The summed E-state index contributed by atoms with van der Waals surface area (Å²) in [6, 6.07) is 9.51. The Kier molecular flexibility index (Phi) is 6.42. The summed E-state index contributed by atoms with van der Waals surface area (Å²) in [5.74, 6) is -2.33. The molecule has 3 aromatic rings. The van der Waals surface area contributed by atoms with E-state index >= 15 is 0 Å². The lowest BCUT2D eigenvalue weighted by molar-refractivity contribution is -0.137. The lowest BCUT2D eigenvalue weighted by Crippen LogP contribution is -2.32. The van der Waals surface area contributed by atoms with E-state index < -0.39 is 50.9 Å². The van der Waals surface area contributed by atoms with Crippen LogP contribution >= 0.6 is 11.6 Å². The molecule has 12 heteroatoms. The molecule has 168 valence electrons. The number of benzene rings is 2. The molecule has 1 heterocycles. The number of aromatic nitrogens is 1. The van der Waals surface area contributed by atoms with Gasteiger partial charge >= 0.3 is 12.1 Å². The Morgan fingerprint density at radius 3 is 2.16 bits per heavy atom. The number of carboxylic acid groups (broad SMARTS) is 1. The molecule has 1 N–H and O–H groups in total. The third-order valence-electron chi connectivity index (χ3n) is 4.31. The predicted molar refractivity (Wildman–Crippen MR) is 107 cm³/mol.